The van der Waals surface area contributed by atoms with Gasteiger partial charge in [-0.2, -0.15) is 0 Å². The van der Waals surface area contributed by atoms with Crippen molar-refractivity contribution < 1.29 is 4.74 Å². The third-order valence-corrected chi connectivity index (χ3v) is 3.89. The van der Waals surface area contributed by atoms with Gasteiger partial charge in [-0.15, -0.1) is 24.0 Å². The number of benzene rings is 1. The summed E-state index contributed by atoms with van der Waals surface area (Å²) in [7, 11) is 0. The van der Waals surface area contributed by atoms with Crippen LogP contribution < -0.4 is 11.1 Å². The van der Waals surface area contributed by atoms with E-state index in [1.807, 2.05) is 18.2 Å². The fourth-order valence-electron chi connectivity index (χ4n) is 2.64. The molecule has 1 atom stereocenters. The predicted molar refractivity (Wildman–Crippen MR) is 111 cm³/mol. The zero-order valence-corrected chi connectivity index (χ0v) is 17.7. The Kier molecular flexibility index (Phi) is 8.76. The molecule has 1 heterocycles. The van der Waals surface area contributed by atoms with Crippen LogP contribution in [0.25, 0.3) is 0 Å². The molecular weight excluding hydrogens is 439 g/mol. The molecule has 1 aliphatic rings. The highest BCUT2D eigenvalue weighted by atomic mass is 127. The van der Waals surface area contributed by atoms with Crippen molar-refractivity contribution in [1.82, 2.24) is 10.2 Å². The second-order valence-electron chi connectivity index (χ2n) is 6.82. The van der Waals surface area contributed by atoms with E-state index in [0.717, 1.165) is 36.9 Å². The molecule has 0 bridgehead atoms. The number of morpholine rings is 1. The SMILES string of the molecule is CC(C)(C)NC(N)=NCC(c1cccc(Cl)c1)N1CCOCC1.I. The molecule has 0 saturated carbocycles. The standard InChI is InChI=1S/C17H27ClN4O.HI/c1-17(2,3)21-16(19)20-12-15(22-7-9-23-10-8-22)13-5-4-6-14(18)11-13;/h4-6,11,15H,7-10,12H2,1-3H3,(H3,19,20,21);1H. The van der Waals surface area contributed by atoms with Crippen LogP contribution >= 0.6 is 35.6 Å². The highest BCUT2D eigenvalue weighted by Crippen LogP contribution is 2.24. The average Bonchev–Trinajstić information content (AvgIpc) is 2.47. The number of rotatable bonds is 4. The molecule has 0 amide bonds. The van der Waals surface area contributed by atoms with Gasteiger partial charge in [-0.1, -0.05) is 23.7 Å². The molecule has 136 valence electrons. The largest absolute Gasteiger partial charge is 0.379 e. The van der Waals surface area contributed by atoms with Gasteiger partial charge >= 0.3 is 0 Å². The van der Waals surface area contributed by atoms with Crippen molar-refractivity contribution in [2.75, 3.05) is 32.8 Å². The molecule has 24 heavy (non-hydrogen) atoms. The van der Waals surface area contributed by atoms with Gasteiger partial charge in [0.15, 0.2) is 5.96 Å². The lowest BCUT2D eigenvalue weighted by molar-refractivity contribution is 0.0180. The molecule has 1 aromatic carbocycles. The maximum Gasteiger partial charge on any atom is 0.189 e. The Balaban J connectivity index is 0.00000288. The summed E-state index contributed by atoms with van der Waals surface area (Å²) in [4.78, 5) is 6.93. The molecule has 1 unspecified atom stereocenters. The van der Waals surface area contributed by atoms with Gasteiger partial charge in [0.05, 0.1) is 25.8 Å². The van der Waals surface area contributed by atoms with Gasteiger partial charge in [0.25, 0.3) is 0 Å². The molecule has 3 N–H and O–H groups in total. The molecule has 7 heteroatoms. The topological polar surface area (TPSA) is 62.9 Å². The van der Waals surface area contributed by atoms with E-state index in [2.05, 4.69) is 42.0 Å². The van der Waals surface area contributed by atoms with Crippen molar-refractivity contribution in [3.05, 3.63) is 34.9 Å². The fraction of sp³-hybridized carbons (Fsp3) is 0.588. The lowest BCUT2D eigenvalue weighted by atomic mass is 10.0. The number of halogens is 2. The van der Waals surface area contributed by atoms with E-state index < -0.39 is 0 Å². The molecule has 1 aliphatic heterocycles. The maximum atomic E-state index is 6.16. The van der Waals surface area contributed by atoms with Crippen molar-refractivity contribution in [2.45, 2.75) is 32.4 Å². The fourth-order valence-corrected chi connectivity index (χ4v) is 2.84. The smallest absolute Gasteiger partial charge is 0.189 e. The van der Waals surface area contributed by atoms with E-state index in [4.69, 9.17) is 22.1 Å². The van der Waals surface area contributed by atoms with Crippen LogP contribution in [0.15, 0.2) is 29.3 Å². The Morgan fingerprint density at radius 3 is 2.62 bits per heavy atom. The van der Waals surface area contributed by atoms with Gasteiger partial charge in [-0.3, -0.25) is 9.89 Å². The van der Waals surface area contributed by atoms with Gasteiger partial charge < -0.3 is 15.8 Å². The molecule has 0 aliphatic carbocycles. The lowest BCUT2D eigenvalue weighted by Gasteiger charge is -2.34. The Bertz CT molecular complexity index is 542. The lowest BCUT2D eigenvalue weighted by Crippen LogP contribution is -2.45. The van der Waals surface area contributed by atoms with Gasteiger partial charge in [0.2, 0.25) is 0 Å². The summed E-state index contributed by atoms with van der Waals surface area (Å²) in [5.74, 6) is 0.470. The quantitative estimate of drug-likeness (QED) is 0.407. The van der Waals surface area contributed by atoms with Crippen molar-refractivity contribution >= 4 is 41.5 Å². The molecular formula is C17H28ClIN4O. The third kappa shape index (κ3) is 7.13. The average molecular weight is 467 g/mol. The molecule has 0 radical (unpaired) electrons. The molecule has 0 spiro atoms. The van der Waals surface area contributed by atoms with Gasteiger partial charge in [0.1, 0.15) is 0 Å². The Hall–Kier alpha value is -0.570. The minimum atomic E-state index is -0.0991. The first-order chi connectivity index (χ1) is 10.8. The van der Waals surface area contributed by atoms with Gasteiger partial charge in [-0.05, 0) is 38.5 Å². The Morgan fingerprint density at radius 1 is 1.38 bits per heavy atom. The summed E-state index contributed by atoms with van der Waals surface area (Å²) < 4.78 is 5.46. The molecule has 0 aromatic heterocycles. The Morgan fingerprint density at radius 2 is 2.04 bits per heavy atom. The van der Waals surface area contributed by atoms with Crippen LogP contribution in [0.3, 0.4) is 0 Å². The highest BCUT2D eigenvalue weighted by molar-refractivity contribution is 14.0. The zero-order chi connectivity index (χ0) is 16.9. The van der Waals surface area contributed by atoms with Crippen LogP contribution in [-0.4, -0.2) is 49.2 Å². The van der Waals surface area contributed by atoms with Crippen molar-refractivity contribution in [3.8, 4) is 0 Å². The minimum absolute atomic E-state index is 0. The summed E-state index contributed by atoms with van der Waals surface area (Å²) in [5, 5.41) is 3.94. The molecule has 5 nitrogen and oxygen atoms in total. The van der Waals surface area contributed by atoms with Crippen LogP contribution in [0.2, 0.25) is 5.02 Å². The highest BCUT2D eigenvalue weighted by Gasteiger charge is 2.23. The molecule has 1 aromatic rings. The summed E-state index contributed by atoms with van der Waals surface area (Å²) in [6.45, 7) is 10.0. The maximum absolute atomic E-state index is 6.16. The van der Waals surface area contributed by atoms with E-state index in [-0.39, 0.29) is 35.6 Å². The summed E-state index contributed by atoms with van der Waals surface area (Å²) in [6.07, 6.45) is 0. The van der Waals surface area contributed by atoms with E-state index in [1.54, 1.807) is 0 Å². The van der Waals surface area contributed by atoms with Crippen LogP contribution in [0.4, 0.5) is 0 Å². The number of nitrogens with zero attached hydrogens (tertiary/aromatic N) is 2. The van der Waals surface area contributed by atoms with Crippen molar-refractivity contribution in [1.29, 1.82) is 0 Å². The van der Waals surface area contributed by atoms with Gasteiger partial charge in [-0.25, -0.2) is 0 Å². The van der Waals surface area contributed by atoms with E-state index in [9.17, 15) is 0 Å². The number of hydrogen-bond acceptors (Lipinski definition) is 3. The number of hydrogen-bond donors (Lipinski definition) is 2. The van der Waals surface area contributed by atoms with Crippen LogP contribution in [0.5, 0.6) is 0 Å². The van der Waals surface area contributed by atoms with Crippen LogP contribution in [0.1, 0.15) is 32.4 Å². The number of guanidine groups is 1. The van der Waals surface area contributed by atoms with E-state index >= 15 is 0 Å². The van der Waals surface area contributed by atoms with Crippen molar-refractivity contribution in [3.63, 3.8) is 0 Å². The number of aliphatic imine (C=N–C) groups is 1. The van der Waals surface area contributed by atoms with Gasteiger partial charge in [0, 0.05) is 23.7 Å². The molecule has 2 rings (SSSR count). The normalized spacial score (nSPS) is 17.9. The number of nitrogens with two attached hydrogens (primary N) is 1. The zero-order valence-electron chi connectivity index (χ0n) is 14.6. The minimum Gasteiger partial charge on any atom is -0.379 e. The first kappa shape index (κ1) is 21.5. The first-order valence-corrected chi connectivity index (χ1v) is 8.38. The van der Waals surface area contributed by atoms with E-state index in [0.29, 0.717) is 12.5 Å². The second kappa shape index (κ2) is 9.79. The van der Waals surface area contributed by atoms with E-state index in [1.165, 1.54) is 0 Å². The van der Waals surface area contributed by atoms with Crippen molar-refractivity contribution in [2.24, 2.45) is 10.7 Å². The molecule has 1 saturated heterocycles. The summed E-state index contributed by atoms with van der Waals surface area (Å²) in [6, 6.07) is 8.11. The second-order valence-corrected chi connectivity index (χ2v) is 7.26. The third-order valence-electron chi connectivity index (χ3n) is 3.66. The monoisotopic (exact) mass is 466 g/mol. The molecule has 1 fully saturated rings. The summed E-state index contributed by atoms with van der Waals surface area (Å²) >= 11 is 6.16. The number of ether oxygens (including phenoxy) is 1. The van der Waals surface area contributed by atoms with Crippen LogP contribution in [-0.2, 0) is 4.74 Å². The predicted octanol–water partition coefficient (Wildman–Crippen LogP) is 3.03. The summed E-state index contributed by atoms with van der Waals surface area (Å²) in [5.41, 5.74) is 7.08. The Labute approximate surface area is 167 Å². The number of nitrogens with one attached hydrogen (secondary N) is 1. The first-order valence-electron chi connectivity index (χ1n) is 8.00. The van der Waals surface area contributed by atoms with Crippen LogP contribution in [0, 0.1) is 0 Å².